The van der Waals surface area contributed by atoms with Crippen LogP contribution in [0.5, 0.6) is 0 Å². The second kappa shape index (κ2) is 6.18. The van der Waals surface area contributed by atoms with Gasteiger partial charge in [0.2, 0.25) is 0 Å². The van der Waals surface area contributed by atoms with Crippen molar-refractivity contribution < 1.29 is 4.39 Å². The average molecular weight is 278 g/mol. The molecule has 1 unspecified atom stereocenters. The van der Waals surface area contributed by atoms with Crippen molar-refractivity contribution in [1.82, 2.24) is 5.32 Å². The molecule has 0 amide bonds. The van der Waals surface area contributed by atoms with E-state index in [1.807, 2.05) is 7.05 Å². The summed E-state index contributed by atoms with van der Waals surface area (Å²) >= 11 is 5.81. The Morgan fingerprint density at radius 2 is 1.84 bits per heavy atom. The molecule has 0 aliphatic heterocycles. The molecule has 0 aliphatic rings. The number of hydrogen-bond acceptors (Lipinski definition) is 1. The zero-order valence-electron chi connectivity index (χ0n) is 11.1. The molecule has 0 aromatic heterocycles. The summed E-state index contributed by atoms with van der Waals surface area (Å²) in [6.07, 6.45) is 0.777. The monoisotopic (exact) mass is 277 g/mol. The van der Waals surface area contributed by atoms with Gasteiger partial charge < -0.3 is 5.32 Å². The Morgan fingerprint density at radius 1 is 1.16 bits per heavy atom. The van der Waals surface area contributed by atoms with Crippen LogP contribution in [0.15, 0.2) is 42.5 Å². The van der Waals surface area contributed by atoms with E-state index in [0.717, 1.165) is 12.0 Å². The standard InChI is InChI=1S/C16H17ClFN/c1-11-3-6-13(7-4-11)16(19-2)10-12-5-8-15(18)14(17)9-12/h3-9,16,19H,10H2,1-2H3. The minimum absolute atomic E-state index is 0.177. The highest BCUT2D eigenvalue weighted by molar-refractivity contribution is 6.30. The van der Waals surface area contributed by atoms with Crippen molar-refractivity contribution >= 4 is 11.6 Å². The summed E-state index contributed by atoms with van der Waals surface area (Å²) in [4.78, 5) is 0. The molecule has 0 aliphatic carbocycles. The molecule has 0 fully saturated rings. The van der Waals surface area contributed by atoms with Crippen molar-refractivity contribution in [3.8, 4) is 0 Å². The molecule has 1 nitrogen and oxygen atoms in total. The fourth-order valence-corrected chi connectivity index (χ4v) is 2.29. The van der Waals surface area contributed by atoms with Gasteiger partial charge in [-0.2, -0.15) is 0 Å². The molecule has 1 atom stereocenters. The van der Waals surface area contributed by atoms with E-state index in [-0.39, 0.29) is 16.9 Å². The van der Waals surface area contributed by atoms with Crippen molar-refractivity contribution in [2.45, 2.75) is 19.4 Å². The molecule has 0 heterocycles. The molecular weight excluding hydrogens is 261 g/mol. The van der Waals surface area contributed by atoms with Gasteiger partial charge in [-0.1, -0.05) is 47.5 Å². The molecule has 2 aromatic rings. The Kier molecular flexibility index (Phi) is 4.56. The van der Waals surface area contributed by atoms with Gasteiger partial charge in [-0.25, -0.2) is 4.39 Å². The third kappa shape index (κ3) is 3.55. The lowest BCUT2D eigenvalue weighted by atomic mass is 9.98. The first-order valence-corrected chi connectivity index (χ1v) is 6.65. The van der Waals surface area contributed by atoms with Gasteiger partial charge in [-0.3, -0.25) is 0 Å². The molecule has 0 bridgehead atoms. The molecule has 2 aromatic carbocycles. The van der Waals surface area contributed by atoms with Crippen LogP contribution in [0.3, 0.4) is 0 Å². The van der Waals surface area contributed by atoms with E-state index in [2.05, 4.69) is 36.5 Å². The molecule has 0 saturated carbocycles. The molecule has 0 radical (unpaired) electrons. The van der Waals surface area contributed by atoms with E-state index in [9.17, 15) is 4.39 Å². The first kappa shape index (κ1) is 14.0. The van der Waals surface area contributed by atoms with Crippen molar-refractivity contribution in [2.75, 3.05) is 7.05 Å². The van der Waals surface area contributed by atoms with E-state index in [4.69, 9.17) is 11.6 Å². The van der Waals surface area contributed by atoms with Gasteiger partial charge in [-0.05, 0) is 43.7 Å². The van der Waals surface area contributed by atoms with Crippen LogP contribution in [0.2, 0.25) is 5.02 Å². The summed E-state index contributed by atoms with van der Waals surface area (Å²) in [7, 11) is 1.93. The van der Waals surface area contributed by atoms with Crippen LogP contribution in [0.25, 0.3) is 0 Å². The number of halogens is 2. The molecule has 0 saturated heterocycles. The minimum atomic E-state index is -0.373. The quantitative estimate of drug-likeness (QED) is 0.879. The predicted octanol–water partition coefficient (Wildman–Crippen LogP) is 4.29. The summed E-state index contributed by atoms with van der Waals surface area (Å²) < 4.78 is 13.1. The number of rotatable bonds is 4. The summed E-state index contributed by atoms with van der Waals surface area (Å²) in [5.74, 6) is -0.373. The van der Waals surface area contributed by atoms with Crippen molar-refractivity contribution in [3.63, 3.8) is 0 Å². The van der Waals surface area contributed by atoms with Crippen molar-refractivity contribution in [1.29, 1.82) is 0 Å². The maximum atomic E-state index is 13.1. The van der Waals surface area contributed by atoms with Gasteiger partial charge in [0.25, 0.3) is 0 Å². The van der Waals surface area contributed by atoms with Crippen LogP contribution in [0.4, 0.5) is 4.39 Å². The fraction of sp³-hybridized carbons (Fsp3) is 0.250. The first-order valence-electron chi connectivity index (χ1n) is 6.28. The Labute approximate surface area is 118 Å². The summed E-state index contributed by atoms with van der Waals surface area (Å²) in [6.45, 7) is 2.07. The van der Waals surface area contributed by atoms with Crippen LogP contribution >= 0.6 is 11.6 Å². The lowest BCUT2D eigenvalue weighted by Gasteiger charge is -2.17. The topological polar surface area (TPSA) is 12.0 Å². The van der Waals surface area contributed by atoms with E-state index in [1.165, 1.54) is 17.2 Å². The summed E-state index contributed by atoms with van der Waals surface area (Å²) in [5.41, 5.74) is 3.48. The summed E-state index contributed by atoms with van der Waals surface area (Å²) in [5, 5.41) is 3.46. The van der Waals surface area contributed by atoms with Gasteiger partial charge in [0.05, 0.1) is 5.02 Å². The number of likely N-dealkylation sites (N-methyl/N-ethyl adjacent to an activating group) is 1. The molecule has 100 valence electrons. The normalized spacial score (nSPS) is 12.4. The molecule has 1 N–H and O–H groups in total. The Hall–Kier alpha value is -1.38. The molecule has 2 rings (SSSR count). The maximum absolute atomic E-state index is 13.1. The zero-order valence-corrected chi connectivity index (χ0v) is 11.8. The van der Waals surface area contributed by atoms with E-state index in [1.54, 1.807) is 12.1 Å². The smallest absolute Gasteiger partial charge is 0.141 e. The van der Waals surface area contributed by atoms with Gasteiger partial charge in [0.15, 0.2) is 0 Å². The van der Waals surface area contributed by atoms with E-state index < -0.39 is 0 Å². The Morgan fingerprint density at radius 3 is 2.42 bits per heavy atom. The third-order valence-corrected chi connectivity index (χ3v) is 3.54. The SMILES string of the molecule is CNC(Cc1ccc(F)c(Cl)c1)c1ccc(C)cc1. The lowest BCUT2D eigenvalue weighted by molar-refractivity contribution is 0.589. The zero-order chi connectivity index (χ0) is 13.8. The van der Waals surface area contributed by atoms with Crippen LogP contribution in [0.1, 0.15) is 22.7 Å². The highest BCUT2D eigenvalue weighted by Crippen LogP contribution is 2.22. The molecule has 19 heavy (non-hydrogen) atoms. The molecule has 0 spiro atoms. The Bertz CT molecular complexity index is 551. The van der Waals surface area contributed by atoms with Crippen LogP contribution < -0.4 is 5.32 Å². The first-order chi connectivity index (χ1) is 9.10. The van der Waals surface area contributed by atoms with Gasteiger partial charge in [0.1, 0.15) is 5.82 Å². The highest BCUT2D eigenvalue weighted by Gasteiger charge is 2.11. The second-order valence-electron chi connectivity index (χ2n) is 4.70. The minimum Gasteiger partial charge on any atom is -0.313 e. The number of benzene rings is 2. The number of aryl methyl sites for hydroxylation is 1. The van der Waals surface area contributed by atoms with Gasteiger partial charge in [0, 0.05) is 6.04 Å². The molecular formula is C16H17ClFN. The predicted molar refractivity (Wildman–Crippen MR) is 78.1 cm³/mol. The summed E-state index contributed by atoms with van der Waals surface area (Å²) in [6, 6.07) is 13.5. The average Bonchev–Trinajstić information content (AvgIpc) is 2.41. The third-order valence-electron chi connectivity index (χ3n) is 3.25. The van der Waals surface area contributed by atoms with E-state index >= 15 is 0 Å². The number of nitrogens with one attached hydrogen (secondary N) is 1. The van der Waals surface area contributed by atoms with Crippen LogP contribution in [0, 0.1) is 12.7 Å². The largest absolute Gasteiger partial charge is 0.313 e. The lowest BCUT2D eigenvalue weighted by Crippen LogP contribution is -2.18. The number of hydrogen-bond donors (Lipinski definition) is 1. The fourth-order valence-electron chi connectivity index (χ4n) is 2.09. The highest BCUT2D eigenvalue weighted by atomic mass is 35.5. The van der Waals surface area contributed by atoms with Gasteiger partial charge >= 0.3 is 0 Å². The van der Waals surface area contributed by atoms with Crippen LogP contribution in [-0.4, -0.2) is 7.05 Å². The van der Waals surface area contributed by atoms with Crippen molar-refractivity contribution in [2.24, 2.45) is 0 Å². The van der Waals surface area contributed by atoms with Crippen molar-refractivity contribution in [3.05, 3.63) is 70.0 Å². The Balaban J connectivity index is 2.18. The van der Waals surface area contributed by atoms with Crippen LogP contribution in [-0.2, 0) is 6.42 Å². The maximum Gasteiger partial charge on any atom is 0.141 e. The second-order valence-corrected chi connectivity index (χ2v) is 5.11. The molecule has 3 heteroatoms. The van der Waals surface area contributed by atoms with E-state index in [0.29, 0.717) is 0 Å². The van der Waals surface area contributed by atoms with Gasteiger partial charge in [-0.15, -0.1) is 0 Å².